The van der Waals surface area contributed by atoms with Crippen molar-refractivity contribution in [1.82, 2.24) is 0 Å². The van der Waals surface area contributed by atoms with Crippen molar-refractivity contribution in [2.24, 2.45) is 11.8 Å². The summed E-state index contributed by atoms with van der Waals surface area (Å²) in [6.07, 6.45) is 0.981. The molecule has 2 unspecified atom stereocenters. The monoisotopic (exact) mass is 282 g/mol. The topological polar surface area (TPSA) is 55.1 Å². The maximum Gasteiger partial charge on any atom is 0.227 e. The van der Waals surface area contributed by atoms with E-state index in [-0.39, 0.29) is 11.8 Å². The molecule has 0 heterocycles. The molecule has 2 rings (SSSR count). The Morgan fingerprint density at radius 2 is 2.19 bits per heavy atom. The van der Waals surface area contributed by atoms with E-state index in [1.165, 1.54) is 0 Å². The first-order chi connectivity index (χ1) is 7.49. The van der Waals surface area contributed by atoms with Crippen molar-refractivity contribution in [1.29, 1.82) is 0 Å². The molecule has 3 N–H and O–H groups in total. The summed E-state index contributed by atoms with van der Waals surface area (Å²) in [6.45, 7) is 4.05. The molecular formula is C12H15BrN2O. The van der Waals surface area contributed by atoms with Crippen molar-refractivity contribution in [3.05, 3.63) is 22.2 Å². The van der Waals surface area contributed by atoms with Gasteiger partial charge in [-0.15, -0.1) is 0 Å². The summed E-state index contributed by atoms with van der Waals surface area (Å²) >= 11 is 3.42. The summed E-state index contributed by atoms with van der Waals surface area (Å²) in [5.41, 5.74) is 8.25. The molecule has 1 saturated carbocycles. The lowest BCUT2D eigenvalue weighted by atomic mass is 10.2. The number of carbonyl (C=O) groups excluding carboxylic acids is 1. The van der Waals surface area contributed by atoms with Crippen molar-refractivity contribution in [2.75, 3.05) is 11.1 Å². The molecule has 4 heteroatoms. The minimum atomic E-state index is 0.0729. The van der Waals surface area contributed by atoms with Crippen molar-refractivity contribution >= 4 is 33.2 Å². The molecular weight excluding hydrogens is 268 g/mol. The molecule has 1 aromatic rings. The molecule has 0 radical (unpaired) electrons. The van der Waals surface area contributed by atoms with E-state index in [2.05, 4.69) is 28.2 Å². The zero-order chi connectivity index (χ0) is 11.9. The molecule has 0 bridgehead atoms. The van der Waals surface area contributed by atoms with Gasteiger partial charge in [0.05, 0.1) is 11.4 Å². The standard InChI is InChI=1S/C12H15BrN2O/c1-6-3-9(13)11(10(14)4-6)15-12(16)8-5-7(8)2/h3-4,7-8H,5,14H2,1-2H3,(H,15,16). The molecule has 86 valence electrons. The van der Waals surface area contributed by atoms with Gasteiger partial charge in [-0.3, -0.25) is 4.79 Å². The van der Waals surface area contributed by atoms with E-state index >= 15 is 0 Å². The van der Waals surface area contributed by atoms with Gasteiger partial charge in [-0.1, -0.05) is 6.92 Å². The maximum atomic E-state index is 11.8. The number of aryl methyl sites for hydroxylation is 1. The third kappa shape index (κ3) is 2.21. The average Bonchev–Trinajstić information content (AvgIpc) is 2.88. The fourth-order valence-corrected chi connectivity index (χ4v) is 2.49. The summed E-state index contributed by atoms with van der Waals surface area (Å²) in [5, 5.41) is 2.89. The van der Waals surface area contributed by atoms with E-state index in [0.29, 0.717) is 17.3 Å². The second kappa shape index (κ2) is 4.09. The highest BCUT2D eigenvalue weighted by atomic mass is 79.9. The van der Waals surface area contributed by atoms with Crippen LogP contribution in [0.3, 0.4) is 0 Å². The van der Waals surface area contributed by atoms with Gasteiger partial charge in [-0.05, 0) is 52.9 Å². The Morgan fingerprint density at radius 3 is 2.69 bits per heavy atom. The van der Waals surface area contributed by atoms with E-state index in [9.17, 15) is 4.79 Å². The first-order valence-electron chi connectivity index (χ1n) is 5.35. The quantitative estimate of drug-likeness (QED) is 0.820. The van der Waals surface area contributed by atoms with Crippen LogP contribution in [0.4, 0.5) is 11.4 Å². The van der Waals surface area contributed by atoms with Crippen LogP contribution in [0.2, 0.25) is 0 Å². The Kier molecular flexibility index (Phi) is 2.93. The van der Waals surface area contributed by atoms with Crippen LogP contribution >= 0.6 is 15.9 Å². The summed E-state index contributed by atoms with van der Waals surface area (Å²) in [7, 11) is 0. The van der Waals surface area contributed by atoms with Crippen molar-refractivity contribution < 1.29 is 4.79 Å². The lowest BCUT2D eigenvalue weighted by Gasteiger charge is -2.11. The summed E-state index contributed by atoms with van der Waals surface area (Å²) < 4.78 is 0.839. The van der Waals surface area contributed by atoms with Crippen LogP contribution in [-0.2, 0) is 4.79 Å². The largest absolute Gasteiger partial charge is 0.397 e. The first kappa shape index (κ1) is 11.5. The highest BCUT2D eigenvalue weighted by molar-refractivity contribution is 9.10. The minimum absolute atomic E-state index is 0.0729. The van der Waals surface area contributed by atoms with Crippen molar-refractivity contribution in [3.63, 3.8) is 0 Å². The minimum Gasteiger partial charge on any atom is -0.397 e. The van der Waals surface area contributed by atoms with Gasteiger partial charge in [-0.2, -0.15) is 0 Å². The number of nitrogens with two attached hydrogens (primary N) is 1. The number of anilines is 2. The van der Waals surface area contributed by atoms with E-state index < -0.39 is 0 Å². The summed E-state index contributed by atoms with van der Waals surface area (Å²) in [5.74, 6) is 0.738. The van der Waals surface area contributed by atoms with E-state index in [4.69, 9.17) is 5.73 Å². The normalized spacial score (nSPS) is 22.9. The summed E-state index contributed by atoms with van der Waals surface area (Å²) in [6, 6.07) is 3.80. The number of nitrogen functional groups attached to an aromatic ring is 1. The Balaban J connectivity index is 2.18. The van der Waals surface area contributed by atoms with Gasteiger partial charge in [0.25, 0.3) is 0 Å². The van der Waals surface area contributed by atoms with Gasteiger partial charge >= 0.3 is 0 Å². The van der Waals surface area contributed by atoms with Crippen LogP contribution in [0.25, 0.3) is 0 Å². The zero-order valence-corrected chi connectivity index (χ0v) is 11.0. The third-order valence-electron chi connectivity index (χ3n) is 2.96. The smallest absolute Gasteiger partial charge is 0.227 e. The second-order valence-corrected chi connectivity index (χ2v) is 5.37. The van der Waals surface area contributed by atoms with Gasteiger partial charge in [0, 0.05) is 10.4 Å². The van der Waals surface area contributed by atoms with Gasteiger partial charge in [0.15, 0.2) is 0 Å². The average molecular weight is 283 g/mol. The van der Waals surface area contributed by atoms with Gasteiger partial charge in [-0.25, -0.2) is 0 Å². The van der Waals surface area contributed by atoms with Gasteiger partial charge in [0.1, 0.15) is 0 Å². The number of rotatable bonds is 2. The molecule has 16 heavy (non-hydrogen) atoms. The number of hydrogen-bond acceptors (Lipinski definition) is 2. The number of hydrogen-bond donors (Lipinski definition) is 2. The predicted octanol–water partition coefficient (Wildman–Crippen LogP) is 2.93. The van der Waals surface area contributed by atoms with Crippen LogP contribution in [0.1, 0.15) is 18.9 Å². The number of carbonyl (C=O) groups is 1. The molecule has 0 aromatic heterocycles. The molecule has 0 spiro atoms. The van der Waals surface area contributed by atoms with E-state index in [1.807, 2.05) is 19.1 Å². The van der Waals surface area contributed by atoms with E-state index in [1.54, 1.807) is 0 Å². The Bertz CT molecular complexity index is 422. The predicted molar refractivity (Wildman–Crippen MR) is 69.2 cm³/mol. The SMILES string of the molecule is Cc1cc(N)c(NC(=O)C2CC2C)c(Br)c1. The number of nitrogens with one attached hydrogen (secondary N) is 1. The van der Waals surface area contributed by atoms with Crippen molar-refractivity contribution in [2.45, 2.75) is 20.3 Å². The fourth-order valence-electron chi connectivity index (χ4n) is 1.80. The molecule has 2 atom stereocenters. The molecule has 1 aromatic carbocycles. The first-order valence-corrected chi connectivity index (χ1v) is 6.15. The van der Waals surface area contributed by atoms with Crippen LogP contribution in [0.15, 0.2) is 16.6 Å². The fraction of sp³-hybridized carbons (Fsp3) is 0.417. The zero-order valence-electron chi connectivity index (χ0n) is 9.38. The third-order valence-corrected chi connectivity index (χ3v) is 3.58. The molecule has 1 aliphatic rings. The van der Waals surface area contributed by atoms with Crippen LogP contribution in [-0.4, -0.2) is 5.91 Å². The Morgan fingerprint density at radius 1 is 1.56 bits per heavy atom. The van der Waals surface area contributed by atoms with Gasteiger partial charge in [0.2, 0.25) is 5.91 Å². The van der Waals surface area contributed by atoms with Crippen molar-refractivity contribution in [3.8, 4) is 0 Å². The van der Waals surface area contributed by atoms with Crippen LogP contribution in [0, 0.1) is 18.8 Å². The molecule has 0 aliphatic heterocycles. The number of benzene rings is 1. The maximum absolute atomic E-state index is 11.8. The van der Waals surface area contributed by atoms with Gasteiger partial charge < -0.3 is 11.1 Å². The van der Waals surface area contributed by atoms with E-state index in [0.717, 1.165) is 16.5 Å². The number of halogens is 1. The molecule has 3 nitrogen and oxygen atoms in total. The van der Waals surface area contributed by atoms with Crippen LogP contribution < -0.4 is 11.1 Å². The van der Waals surface area contributed by atoms with Crippen LogP contribution in [0.5, 0.6) is 0 Å². The second-order valence-electron chi connectivity index (χ2n) is 4.52. The molecule has 1 fully saturated rings. The highest BCUT2D eigenvalue weighted by Gasteiger charge is 2.39. The Labute approximate surface area is 104 Å². The molecule has 1 aliphatic carbocycles. The lowest BCUT2D eigenvalue weighted by molar-refractivity contribution is -0.117. The number of amides is 1. The molecule has 0 saturated heterocycles. The summed E-state index contributed by atoms with van der Waals surface area (Å²) in [4.78, 5) is 11.8. The lowest BCUT2D eigenvalue weighted by Crippen LogP contribution is -2.16. The molecule has 1 amide bonds. The highest BCUT2D eigenvalue weighted by Crippen LogP contribution is 2.39. The Hall–Kier alpha value is -1.03.